The van der Waals surface area contributed by atoms with Crippen molar-refractivity contribution in [2.45, 2.75) is 32.6 Å². The molecule has 90 valence electrons. The molecule has 1 aromatic rings. The zero-order valence-electron chi connectivity index (χ0n) is 9.94. The maximum absolute atomic E-state index is 11.7. The van der Waals surface area contributed by atoms with Gasteiger partial charge in [-0.1, -0.05) is 30.3 Å². The summed E-state index contributed by atoms with van der Waals surface area (Å²) in [5.41, 5.74) is 0.673. The molecule has 0 bridgehead atoms. The second kappa shape index (κ2) is 6.74. The van der Waals surface area contributed by atoms with Crippen LogP contribution in [0.3, 0.4) is 0 Å². The van der Waals surface area contributed by atoms with Crippen LogP contribution in [-0.4, -0.2) is 17.3 Å². The molecule has 0 amide bonds. The van der Waals surface area contributed by atoms with Crippen LogP contribution < -0.4 is 0 Å². The van der Waals surface area contributed by atoms with E-state index in [2.05, 4.69) is 0 Å². The molecule has 0 aliphatic carbocycles. The number of Topliss-reactive ketones (excluding diaryl/α,β-unsaturated/α-hetero) is 3. The summed E-state index contributed by atoms with van der Waals surface area (Å²) in [7, 11) is 0. The summed E-state index contributed by atoms with van der Waals surface area (Å²) in [4.78, 5) is 33.6. The number of rotatable bonds is 7. The topological polar surface area (TPSA) is 51.2 Å². The summed E-state index contributed by atoms with van der Waals surface area (Å²) in [6, 6.07) is 9.01. The third kappa shape index (κ3) is 5.20. The molecule has 0 aliphatic rings. The van der Waals surface area contributed by atoms with Gasteiger partial charge >= 0.3 is 0 Å². The molecule has 0 saturated heterocycles. The first-order valence-electron chi connectivity index (χ1n) is 5.69. The lowest BCUT2D eigenvalue weighted by atomic mass is 10.0. The summed E-state index contributed by atoms with van der Waals surface area (Å²) >= 11 is 0. The number of benzene rings is 1. The van der Waals surface area contributed by atoms with Gasteiger partial charge < -0.3 is 0 Å². The highest BCUT2D eigenvalue weighted by molar-refractivity contribution is 5.99. The van der Waals surface area contributed by atoms with Gasteiger partial charge in [-0.3, -0.25) is 14.4 Å². The van der Waals surface area contributed by atoms with Crippen molar-refractivity contribution >= 4 is 17.3 Å². The predicted octanol–water partition coefficient (Wildman–Crippen LogP) is 2.59. The fourth-order valence-corrected chi connectivity index (χ4v) is 1.58. The maximum atomic E-state index is 11.7. The lowest BCUT2D eigenvalue weighted by Crippen LogP contribution is -2.05. The molecule has 0 saturated carbocycles. The largest absolute Gasteiger partial charge is 0.300 e. The van der Waals surface area contributed by atoms with Crippen LogP contribution in [0.1, 0.15) is 43.0 Å². The average molecular weight is 232 g/mol. The Morgan fingerprint density at radius 1 is 1.00 bits per heavy atom. The average Bonchev–Trinajstić information content (AvgIpc) is 2.29. The molecule has 0 heterocycles. The van der Waals surface area contributed by atoms with Crippen LogP contribution in [0.4, 0.5) is 0 Å². The molecule has 0 aliphatic heterocycles. The van der Waals surface area contributed by atoms with Gasteiger partial charge in [0.2, 0.25) is 0 Å². The van der Waals surface area contributed by atoms with E-state index in [1.807, 2.05) is 18.2 Å². The first kappa shape index (κ1) is 13.3. The van der Waals surface area contributed by atoms with E-state index in [1.54, 1.807) is 12.1 Å². The summed E-state index contributed by atoms with van der Waals surface area (Å²) in [6.45, 7) is 1.40. The third-order valence-electron chi connectivity index (χ3n) is 2.40. The number of hydrogen-bond acceptors (Lipinski definition) is 3. The molecular formula is C14H16O3. The molecule has 0 fully saturated rings. The second-order valence-corrected chi connectivity index (χ2v) is 4.06. The van der Waals surface area contributed by atoms with Crippen molar-refractivity contribution < 1.29 is 14.4 Å². The van der Waals surface area contributed by atoms with Gasteiger partial charge in [0.25, 0.3) is 0 Å². The third-order valence-corrected chi connectivity index (χ3v) is 2.40. The second-order valence-electron chi connectivity index (χ2n) is 4.06. The molecule has 0 unspecified atom stereocenters. The smallest absolute Gasteiger partial charge is 0.162 e. The Morgan fingerprint density at radius 2 is 1.65 bits per heavy atom. The summed E-state index contributed by atoms with van der Waals surface area (Å²) < 4.78 is 0. The Labute approximate surface area is 101 Å². The minimum Gasteiger partial charge on any atom is -0.300 e. The number of hydrogen-bond donors (Lipinski definition) is 0. The summed E-state index contributed by atoms with van der Waals surface area (Å²) in [6.07, 6.45) is 1.16. The van der Waals surface area contributed by atoms with E-state index in [0.717, 1.165) is 0 Å². The van der Waals surface area contributed by atoms with Gasteiger partial charge in [-0.05, 0) is 13.3 Å². The Bertz CT molecular complexity index is 407. The van der Waals surface area contributed by atoms with Crippen molar-refractivity contribution in [3.63, 3.8) is 0 Å². The van der Waals surface area contributed by atoms with Gasteiger partial charge in [0.05, 0.1) is 6.42 Å². The highest BCUT2D eigenvalue weighted by atomic mass is 16.1. The van der Waals surface area contributed by atoms with Crippen LogP contribution in [-0.2, 0) is 9.59 Å². The van der Waals surface area contributed by atoms with Crippen LogP contribution in [0, 0.1) is 0 Å². The Kier molecular flexibility index (Phi) is 5.27. The van der Waals surface area contributed by atoms with Gasteiger partial charge in [0.1, 0.15) is 11.6 Å². The molecule has 17 heavy (non-hydrogen) atoms. The molecule has 1 aromatic carbocycles. The summed E-state index contributed by atoms with van der Waals surface area (Å²) in [5.74, 6) is -0.163. The molecular weight excluding hydrogens is 216 g/mol. The van der Waals surface area contributed by atoms with Gasteiger partial charge in [-0.2, -0.15) is 0 Å². The predicted molar refractivity (Wildman–Crippen MR) is 64.9 cm³/mol. The van der Waals surface area contributed by atoms with Crippen molar-refractivity contribution in [2.24, 2.45) is 0 Å². The van der Waals surface area contributed by atoms with E-state index >= 15 is 0 Å². The minimum atomic E-state index is -0.121. The standard InChI is InChI=1S/C14H16O3/c1-11(15)10-13(16)8-5-9-14(17)12-6-3-2-4-7-12/h2-4,6-7H,5,8-10H2,1H3. The van der Waals surface area contributed by atoms with Crippen LogP contribution in [0.5, 0.6) is 0 Å². The van der Waals surface area contributed by atoms with E-state index in [9.17, 15) is 14.4 Å². The van der Waals surface area contributed by atoms with Crippen molar-refractivity contribution in [2.75, 3.05) is 0 Å². The van der Waals surface area contributed by atoms with E-state index in [4.69, 9.17) is 0 Å². The van der Waals surface area contributed by atoms with Crippen LogP contribution in [0.2, 0.25) is 0 Å². The minimum absolute atomic E-state index is 0.0144. The van der Waals surface area contributed by atoms with Gasteiger partial charge in [-0.25, -0.2) is 0 Å². The quantitative estimate of drug-likeness (QED) is 0.536. The molecule has 3 heteroatoms. The summed E-state index contributed by atoms with van der Waals surface area (Å²) in [5, 5.41) is 0. The van der Waals surface area contributed by atoms with Crippen molar-refractivity contribution in [1.29, 1.82) is 0 Å². The first-order valence-corrected chi connectivity index (χ1v) is 5.69. The maximum Gasteiger partial charge on any atom is 0.162 e. The Balaban J connectivity index is 2.30. The van der Waals surface area contributed by atoms with E-state index in [1.165, 1.54) is 6.92 Å². The monoisotopic (exact) mass is 232 g/mol. The molecule has 0 aromatic heterocycles. The van der Waals surface area contributed by atoms with Gasteiger partial charge in [0, 0.05) is 18.4 Å². The van der Waals surface area contributed by atoms with Crippen molar-refractivity contribution in [3.8, 4) is 0 Å². The fraction of sp³-hybridized carbons (Fsp3) is 0.357. The zero-order chi connectivity index (χ0) is 12.7. The number of carbonyl (C=O) groups excluding carboxylic acids is 3. The molecule has 1 rings (SSSR count). The number of carbonyl (C=O) groups is 3. The number of ketones is 3. The normalized spacial score (nSPS) is 9.94. The van der Waals surface area contributed by atoms with Gasteiger partial charge in [-0.15, -0.1) is 0 Å². The Morgan fingerprint density at radius 3 is 2.24 bits per heavy atom. The SMILES string of the molecule is CC(=O)CC(=O)CCCC(=O)c1ccccc1. The van der Waals surface area contributed by atoms with Gasteiger partial charge in [0.15, 0.2) is 5.78 Å². The molecule has 0 radical (unpaired) electrons. The lowest BCUT2D eigenvalue weighted by molar-refractivity contribution is -0.125. The lowest BCUT2D eigenvalue weighted by Gasteiger charge is -2.00. The first-order chi connectivity index (χ1) is 8.09. The van der Waals surface area contributed by atoms with Crippen LogP contribution in [0.15, 0.2) is 30.3 Å². The fourth-order valence-electron chi connectivity index (χ4n) is 1.58. The Hall–Kier alpha value is -1.77. The highest BCUT2D eigenvalue weighted by Crippen LogP contribution is 2.07. The van der Waals surface area contributed by atoms with E-state index < -0.39 is 0 Å². The highest BCUT2D eigenvalue weighted by Gasteiger charge is 2.08. The van der Waals surface area contributed by atoms with Crippen molar-refractivity contribution in [1.82, 2.24) is 0 Å². The van der Waals surface area contributed by atoms with Crippen molar-refractivity contribution in [3.05, 3.63) is 35.9 Å². The molecule has 0 atom stereocenters. The van der Waals surface area contributed by atoms with Crippen LogP contribution in [0.25, 0.3) is 0 Å². The van der Waals surface area contributed by atoms with E-state index in [-0.39, 0.29) is 23.8 Å². The van der Waals surface area contributed by atoms with Crippen LogP contribution >= 0.6 is 0 Å². The zero-order valence-corrected chi connectivity index (χ0v) is 9.94. The molecule has 0 spiro atoms. The van der Waals surface area contributed by atoms with E-state index in [0.29, 0.717) is 24.8 Å². The molecule has 0 N–H and O–H groups in total. The molecule has 3 nitrogen and oxygen atoms in total.